The van der Waals surface area contributed by atoms with E-state index in [1.807, 2.05) is 31.2 Å². The van der Waals surface area contributed by atoms with E-state index in [2.05, 4.69) is 0 Å². The third kappa shape index (κ3) is 4.59. The van der Waals surface area contributed by atoms with Gasteiger partial charge in [-0.15, -0.1) is 0 Å². The van der Waals surface area contributed by atoms with Crippen molar-refractivity contribution >= 4 is 17.6 Å². The summed E-state index contributed by atoms with van der Waals surface area (Å²) in [6.07, 6.45) is 6.24. The zero-order valence-corrected chi connectivity index (χ0v) is 12.5. The van der Waals surface area contributed by atoms with E-state index in [9.17, 15) is 9.59 Å². The number of anilines is 1. The molecule has 4 heteroatoms. The van der Waals surface area contributed by atoms with Gasteiger partial charge in [-0.2, -0.15) is 0 Å². The van der Waals surface area contributed by atoms with Crippen molar-refractivity contribution in [1.82, 2.24) is 0 Å². The molecule has 1 N–H and O–H groups in total. The second-order valence-electron chi connectivity index (χ2n) is 5.90. The highest BCUT2D eigenvalue weighted by Crippen LogP contribution is 2.29. The molecule has 0 spiro atoms. The molecule has 1 amide bonds. The van der Waals surface area contributed by atoms with Gasteiger partial charge in [0.2, 0.25) is 5.91 Å². The van der Waals surface area contributed by atoms with E-state index in [0.29, 0.717) is 18.0 Å². The molecule has 1 saturated carbocycles. The summed E-state index contributed by atoms with van der Waals surface area (Å²) >= 11 is 0. The van der Waals surface area contributed by atoms with E-state index < -0.39 is 5.97 Å². The highest BCUT2D eigenvalue weighted by atomic mass is 16.4. The topological polar surface area (TPSA) is 57.6 Å². The van der Waals surface area contributed by atoms with Crippen LogP contribution in [0.5, 0.6) is 0 Å². The molecule has 0 heterocycles. The lowest BCUT2D eigenvalue weighted by Crippen LogP contribution is -2.35. The number of carboxylic acids is 1. The molecule has 0 saturated heterocycles. The second kappa shape index (κ2) is 7.25. The highest BCUT2D eigenvalue weighted by molar-refractivity contribution is 5.97. The van der Waals surface area contributed by atoms with Crippen LogP contribution in [0, 0.1) is 12.8 Å². The van der Waals surface area contributed by atoms with Crippen LogP contribution in [-0.4, -0.2) is 23.5 Å². The molecule has 0 radical (unpaired) electrons. The first-order valence-corrected chi connectivity index (χ1v) is 7.65. The largest absolute Gasteiger partial charge is 0.480 e. The van der Waals surface area contributed by atoms with Gasteiger partial charge in [-0.25, -0.2) is 0 Å². The zero-order valence-electron chi connectivity index (χ0n) is 12.5. The van der Waals surface area contributed by atoms with Crippen LogP contribution in [0.4, 0.5) is 5.69 Å². The lowest BCUT2D eigenvalue weighted by Gasteiger charge is -2.22. The van der Waals surface area contributed by atoms with Gasteiger partial charge >= 0.3 is 5.97 Å². The number of hydrogen-bond acceptors (Lipinski definition) is 2. The van der Waals surface area contributed by atoms with Gasteiger partial charge < -0.3 is 10.0 Å². The molecule has 1 aliphatic carbocycles. The Balaban J connectivity index is 2.01. The summed E-state index contributed by atoms with van der Waals surface area (Å²) in [7, 11) is 0. The number of carboxylic acid groups (broad SMARTS) is 1. The molecule has 1 aromatic rings. The monoisotopic (exact) mass is 289 g/mol. The fourth-order valence-electron chi connectivity index (χ4n) is 2.95. The summed E-state index contributed by atoms with van der Waals surface area (Å²) in [5.74, 6) is -0.434. The lowest BCUT2D eigenvalue weighted by atomic mass is 10.0. The number of nitrogens with zero attached hydrogens (tertiary/aromatic N) is 1. The first-order chi connectivity index (χ1) is 10.1. The van der Waals surface area contributed by atoms with Crippen LogP contribution >= 0.6 is 0 Å². The Kier molecular flexibility index (Phi) is 5.37. The maximum atomic E-state index is 12.4. The van der Waals surface area contributed by atoms with E-state index in [1.165, 1.54) is 30.6 Å². The Labute approximate surface area is 125 Å². The number of aryl methyl sites for hydroxylation is 1. The number of carbonyl (C=O) groups excluding carboxylic acids is 1. The Morgan fingerprint density at radius 1 is 1.19 bits per heavy atom. The fourth-order valence-corrected chi connectivity index (χ4v) is 2.95. The molecule has 21 heavy (non-hydrogen) atoms. The first kappa shape index (κ1) is 15.5. The molecule has 1 aliphatic rings. The zero-order chi connectivity index (χ0) is 15.2. The standard InChI is InChI=1S/C17H23NO3/c1-13-6-9-15(10-7-13)18(12-17(20)21)16(19)11-8-14-4-2-3-5-14/h6-7,9-10,14H,2-5,8,11-12H2,1H3,(H,20,21). The molecule has 0 atom stereocenters. The van der Waals surface area contributed by atoms with Crippen LogP contribution in [0.2, 0.25) is 0 Å². The molecule has 2 rings (SSSR count). The first-order valence-electron chi connectivity index (χ1n) is 7.65. The summed E-state index contributed by atoms with van der Waals surface area (Å²) in [6.45, 7) is 1.69. The predicted octanol–water partition coefficient (Wildman–Crippen LogP) is 3.38. The number of aliphatic carboxylic acids is 1. The van der Waals surface area contributed by atoms with Crippen molar-refractivity contribution in [1.29, 1.82) is 0 Å². The van der Waals surface area contributed by atoms with Gasteiger partial charge in [0.05, 0.1) is 0 Å². The molecule has 0 unspecified atom stereocenters. The molecule has 1 fully saturated rings. The van der Waals surface area contributed by atoms with Crippen molar-refractivity contribution in [2.45, 2.75) is 45.4 Å². The predicted molar refractivity (Wildman–Crippen MR) is 82.4 cm³/mol. The Morgan fingerprint density at radius 2 is 1.81 bits per heavy atom. The Hall–Kier alpha value is -1.84. The maximum absolute atomic E-state index is 12.4. The smallest absolute Gasteiger partial charge is 0.323 e. The van der Waals surface area contributed by atoms with Gasteiger partial charge in [0.1, 0.15) is 6.54 Å². The average Bonchev–Trinajstić information content (AvgIpc) is 2.96. The second-order valence-corrected chi connectivity index (χ2v) is 5.90. The molecule has 1 aromatic carbocycles. The summed E-state index contributed by atoms with van der Waals surface area (Å²) < 4.78 is 0. The van der Waals surface area contributed by atoms with Crippen LogP contribution in [0.3, 0.4) is 0 Å². The van der Waals surface area contributed by atoms with Gasteiger partial charge in [-0.05, 0) is 31.4 Å². The van der Waals surface area contributed by atoms with Crippen molar-refractivity contribution < 1.29 is 14.7 Å². The van der Waals surface area contributed by atoms with Crippen LogP contribution < -0.4 is 4.90 Å². The quantitative estimate of drug-likeness (QED) is 0.873. The lowest BCUT2D eigenvalue weighted by molar-refractivity contribution is -0.136. The van der Waals surface area contributed by atoms with Crippen LogP contribution in [0.25, 0.3) is 0 Å². The van der Waals surface area contributed by atoms with E-state index in [1.54, 1.807) is 0 Å². The summed E-state index contributed by atoms with van der Waals surface area (Å²) in [6, 6.07) is 7.42. The van der Waals surface area contributed by atoms with E-state index >= 15 is 0 Å². The number of benzene rings is 1. The van der Waals surface area contributed by atoms with Gasteiger partial charge in [0, 0.05) is 12.1 Å². The molecule has 4 nitrogen and oxygen atoms in total. The third-order valence-electron chi connectivity index (χ3n) is 4.18. The summed E-state index contributed by atoms with van der Waals surface area (Å²) in [5.41, 5.74) is 1.76. The number of hydrogen-bond donors (Lipinski definition) is 1. The van der Waals surface area contributed by atoms with Gasteiger partial charge in [-0.3, -0.25) is 9.59 Å². The third-order valence-corrected chi connectivity index (χ3v) is 4.18. The maximum Gasteiger partial charge on any atom is 0.323 e. The van der Waals surface area contributed by atoms with Gasteiger partial charge in [-0.1, -0.05) is 43.4 Å². The van der Waals surface area contributed by atoms with Crippen molar-refractivity contribution in [2.24, 2.45) is 5.92 Å². The molecule has 0 bridgehead atoms. The Bertz CT molecular complexity index is 489. The van der Waals surface area contributed by atoms with E-state index in [4.69, 9.17) is 5.11 Å². The normalized spacial score (nSPS) is 15.1. The Morgan fingerprint density at radius 3 is 2.38 bits per heavy atom. The minimum atomic E-state index is -0.982. The molecule has 0 aromatic heterocycles. The molecular formula is C17H23NO3. The van der Waals surface area contributed by atoms with E-state index in [0.717, 1.165) is 12.0 Å². The SMILES string of the molecule is Cc1ccc(N(CC(=O)O)C(=O)CCC2CCCC2)cc1. The number of amides is 1. The molecule has 0 aliphatic heterocycles. The number of rotatable bonds is 6. The highest BCUT2D eigenvalue weighted by Gasteiger charge is 2.21. The fraction of sp³-hybridized carbons (Fsp3) is 0.529. The minimum Gasteiger partial charge on any atom is -0.480 e. The van der Waals surface area contributed by atoms with Gasteiger partial charge in [0.15, 0.2) is 0 Å². The minimum absolute atomic E-state index is 0.0897. The van der Waals surface area contributed by atoms with Crippen molar-refractivity contribution in [3.8, 4) is 0 Å². The number of carbonyl (C=O) groups is 2. The van der Waals surface area contributed by atoms with Crippen LogP contribution in [-0.2, 0) is 9.59 Å². The van der Waals surface area contributed by atoms with Crippen molar-refractivity contribution in [3.63, 3.8) is 0 Å². The average molecular weight is 289 g/mol. The summed E-state index contributed by atoms with van der Waals surface area (Å²) in [4.78, 5) is 24.8. The van der Waals surface area contributed by atoms with Gasteiger partial charge in [0.25, 0.3) is 0 Å². The summed E-state index contributed by atoms with van der Waals surface area (Å²) in [5, 5.41) is 9.03. The van der Waals surface area contributed by atoms with Crippen LogP contribution in [0.15, 0.2) is 24.3 Å². The molecular weight excluding hydrogens is 266 g/mol. The van der Waals surface area contributed by atoms with E-state index in [-0.39, 0.29) is 12.5 Å². The van der Waals surface area contributed by atoms with Crippen molar-refractivity contribution in [2.75, 3.05) is 11.4 Å². The molecule has 114 valence electrons. The van der Waals surface area contributed by atoms with Crippen LogP contribution in [0.1, 0.15) is 44.1 Å². The van der Waals surface area contributed by atoms with Crippen molar-refractivity contribution in [3.05, 3.63) is 29.8 Å².